The quantitative estimate of drug-likeness (QED) is 0.646. The smallest absolute Gasteiger partial charge is 0.282 e. The largest absolute Gasteiger partial charge is 0.497 e. The number of aliphatic imine (C=N–C) groups is 1. The second-order valence-electron chi connectivity index (χ2n) is 6.08. The lowest BCUT2D eigenvalue weighted by Crippen LogP contribution is -2.32. The molecule has 4 nitrogen and oxygen atoms in total. The van der Waals surface area contributed by atoms with Gasteiger partial charge >= 0.3 is 0 Å². The van der Waals surface area contributed by atoms with Crippen molar-refractivity contribution in [2.45, 2.75) is 0 Å². The van der Waals surface area contributed by atoms with Crippen molar-refractivity contribution in [3.8, 4) is 5.75 Å². The van der Waals surface area contributed by atoms with Gasteiger partial charge in [-0.3, -0.25) is 9.69 Å². The van der Waals surface area contributed by atoms with Gasteiger partial charge in [0, 0.05) is 5.56 Å². The van der Waals surface area contributed by atoms with Crippen LogP contribution in [-0.4, -0.2) is 18.9 Å². The predicted molar refractivity (Wildman–Crippen MR) is 108 cm³/mol. The summed E-state index contributed by atoms with van der Waals surface area (Å²) in [5.41, 5.74) is 2.99. The van der Waals surface area contributed by atoms with Gasteiger partial charge in [-0.1, -0.05) is 60.7 Å². The lowest BCUT2D eigenvalue weighted by atomic mass is 10.1. The number of hydrogen-bond donors (Lipinski definition) is 0. The summed E-state index contributed by atoms with van der Waals surface area (Å²) in [5, 5.41) is 0. The molecule has 0 fully saturated rings. The summed E-state index contributed by atoms with van der Waals surface area (Å²) in [7, 11) is 1.63. The van der Waals surface area contributed by atoms with Crippen molar-refractivity contribution in [3.63, 3.8) is 0 Å². The Labute approximate surface area is 158 Å². The summed E-state index contributed by atoms with van der Waals surface area (Å²) in [6, 6.07) is 26.9. The maximum absolute atomic E-state index is 13.1. The highest BCUT2D eigenvalue weighted by atomic mass is 16.5. The Morgan fingerprint density at radius 3 is 2.11 bits per heavy atom. The van der Waals surface area contributed by atoms with E-state index in [9.17, 15) is 4.79 Å². The topological polar surface area (TPSA) is 41.9 Å². The molecule has 0 bridgehead atoms. The van der Waals surface area contributed by atoms with Crippen LogP contribution in [0.1, 0.15) is 11.1 Å². The summed E-state index contributed by atoms with van der Waals surface area (Å²) >= 11 is 0. The summed E-state index contributed by atoms with van der Waals surface area (Å²) in [5.74, 6) is 1.26. The minimum atomic E-state index is -0.143. The van der Waals surface area contributed by atoms with Crippen LogP contribution in [0.5, 0.6) is 5.75 Å². The first-order chi connectivity index (χ1) is 13.3. The van der Waals surface area contributed by atoms with E-state index in [0.29, 0.717) is 11.5 Å². The van der Waals surface area contributed by atoms with Crippen LogP contribution >= 0.6 is 0 Å². The van der Waals surface area contributed by atoms with E-state index in [-0.39, 0.29) is 5.91 Å². The molecule has 1 aliphatic heterocycles. The van der Waals surface area contributed by atoms with E-state index in [1.807, 2.05) is 84.9 Å². The van der Waals surface area contributed by atoms with Gasteiger partial charge in [-0.2, -0.15) is 0 Å². The van der Waals surface area contributed by atoms with Crippen molar-refractivity contribution in [1.29, 1.82) is 0 Å². The third kappa shape index (κ3) is 3.37. The number of para-hydroxylation sites is 1. The van der Waals surface area contributed by atoms with Crippen LogP contribution < -0.4 is 9.64 Å². The number of carbonyl (C=O) groups is 1. The van der Waals surface area contributed by atoms with Gasteiger partial charge in [-0.05, 0) is 35.9 Å². The van der Waals surface area contributed by atoms with Crippen LogP contribution in [0.15, 0.2) is 95.6 Å². The van der Waals surface area contributed by atoms with Gasteiger partial charge in [0.05, 0.1) is 12.8 Å². The van der Waals surface area contributed by atoms with Crippen molar-refractivity contribution in [3.05, 3.63) is 102 Å². The highest BCUT2D eigenvalue weighted by Gasteiger charge is 2.32. The fraction of sp³-hybridized carbons (Fsp3) is 0.0435. The monoisotopic (exact) mass is 354 g/mol. The second-order valence-corrected chi connectivity index (χ2v) is 6.08. The van der Waals surface area contributed by atoms with E-state index >= 15 is 0 Å². The first-order valence-corrected chi connectivity index (χ1v) is 8.65. The number of nitrogens with zero attached hydrogens (tertiary/aromatic N) is 2. The van der Waals surface area contributed by atoms with E-state index < -0.39 is 0 Å². The number of hydrogen-bond acceptors (Lipinski definition) is 3. The first-order valence-electron chi connectivity index (χ1n) is 8.65. The highest BCUT2D eigenvalue weighted by Crippen LogP contribution is 2.27. The zero-order valence-electron chi connectivity index (χ0n) is 14.9. The fourth-order valence-corrected chi connectivity index (χ4v) is 2.97. The van der Waals surface area contributed by atoms with Crippen molar-refractivity contribution < 1.29 is 9.53 Å². The standard InChI is InChI=1S/C23H18N2O2/c1-27-20-14-12-17(13-15-20)16-21-23(26)25(19-10-6-3-7-11-19)22(24-21)18-8-4-2-5-9-18/h2-16H,1H3/b21-16-. The van der Waals surface area contributed by atoms with Crippen LogP contribution in [0.25, 0.3) is 6.08 Å². The molecule has 0 N–H and O–H groups in total. The molecule has 1 aliphatic rings. The van der Waals surface area contributed by atoms with Gasteiger partial charge in [0.15, 0.2) is 0 Å². The van der Waals surface area contributed by atoms with Gasteiger partial charge in [-0.15, -0.1) is 0 Å². The SMILES string of the molecule is COc1ccc(/C=C2\N=C(c3ccccc3)N(c3ccccc3)C2=O)cc1. The van der Waals surface area contributed by atoms with E-state index in [0.717, 1.165) is 22.6 Å². The molecule has 3 aromatic carbocycles. The number of ether oxygens (including phenoxy) is 1. The molecule has 0 aromatic heterocycles. The van der Waals surface area contributed by atoms with Crippen LogP contribution in [0.2, 0.25) is 0 Å². The summed E-state index contributed by atoms with van der Waals surface area (Å²) < 4.78 is 5.19. The molecule has 27 heavy (non-hydrogen) atoms. The molecular weight excluding hydrogens is 336 g/mol. The Bertz CT molecular complexity index is 1010. The number of carbonyl (C=O) groups excluding carboxylic acids is 1. The normalized spacial score (nSPS) is 15.1. The molecule has 4 heteroatoms. The molecular formula is C23H18N2O2. The zero-order chi connectivity index (χ0) is 18.6. The minimum absolute atomic E-state index is 0.143. The van der Waals surface area contributed by atoms with E-state index in [4.69, 9.17) is 4.74 Å². The maximum atomic E-state index is 13.1. The number of rotatable bonds is 4. The third-order valence-corrected chi connectivity index (χ3v) is 4.33. The van der Waals surface area contributed by atoms with Gasteiger partial charge in [0.2, 0.25) is 0 Å². The van der Waals surface area contributed by atoms with Gasteiger partial charge < -0.3 is 4.74 Å². The molecule has 0 atom stereocenters. The van der Waals surface area contributed by atoms with Crippen LogP contribution in [0.3, 0.4) is 0 Å². The lowest BCUT2D eigenvalue weighted by molar-refractivity contribution is -0.113. The predicted octanol–water partition coefficient (Wildman–Crippen LogP) is 4.53. The zero-order valence-corrected chi connectivity index (χ0v) is 14.9. The van der Waals surface area contributed by atoms with Crippen molar-refractivity contribution in [2.24, 2.45) is 4.99 Å². The van der Waals surface area contributed by atoms with E-state index in [1.54, 1.807) is 18.1 Å². The Morgan fingerprint density at radius 2 is 1.48 bits per heavy atom. The van der Waals surface area contributed by atoms with Crippen LogP contribution in [0.4, 0.5) is 5.69 Å². The van der Waals surface area contributed by atoms with Crippen LogP contribution in [-0.2, 0) is 4.79 Å². The summed E-state index contributed by atoms with van der Waals surface area (Å²) in [6.45, 7) is 0. The Balaban J connectivity index is 1.78. The molecule has 1 amide bonds. The molecule has 0 saturated carbocycles. The molecule has 0 spiro atoms. The van der Waals surface area contributed by atoms with Gasteiger partial charge in [-0.25, -0.2) is 4.99 Å². The average molecular weight is 354 g/mol. The summed E-state index contributed by atoms with van der Waals surface area (Å²) in [4.78, 5) is 19.5. The summed E-state index contributed by atoms with van der Waals surface area (Å²) in [6.07, 6.45) is 1.80. The minimum Gasteiger partial charge on any atom is -0.497 e. The molecule has 1 heterocycles. The maximum Gasteiger partial charge on any atom is 0.282 e. The fourth-order valence-electron chi connectivity index (χ4n) is 2.97. The van der Waals surface area contributed by atoms with Crippen molar-refractivity contribution in [2.75, 3.05) is 12.0 Å². The number of amides is 1. The molecule has 0 aliphatic carbocycles. The van der Waals surface area contributed by atoms with Crippen LogP contribution in [0, 0.1) is 0 Å². The molecule has 3 aromatic rings. The number of amidine groups is 1. The molecule has 132 valence electrons. The Hall–Kier alpha value is -3.66. The average Bonchev–Trinajstić information content (AvgIpc) is 3.06. The van der Waals surface area contributed by atoms with E-state index in [2.05, 4.69) is 4.99 Å². The van der Waals surface area contributed by atoms with Crippen molar-refractivity contribution in [1.82, 2.24) is 0 Å². The molecule has 0 radical (unpaired) electrons. The highest BCUT2D eigenvalue weighted by molar-refractivity contribution is 6.33. The molecule has 4 rings (SSSR count). The van der Waals surface area contributed by atoms with Crippen molar-refractivity contribution >= 4 is 23.5 Å². The Kier molecular flexibility index (Phi) is 4.54. The third-order valence-electron chi connectivity index (χ3n) is 4.33. The molecule has 0 unspecified atom stereocenters. The van der Waals surface area contributed by atoms with E-state index in [1.165, 1.54) is 0 Å². The van der Waals surface area contributed by atoms with Gasteiger partial charge in [0.1, 0.15) is 17.3 Å². The number of methoxy groups -OCH3 is 1. The Morgan fingerprint density at radius 1 is 0.852 bits per heavy atom. The van der Waals surface area contributed by atoms with Gasteiger partial charge in [0.25, 0.3) is 5.91 Å². The number of benzene rings is 3. The first kappa shape index (κ1) is 16.8. The lowest BCUT2D eigenvalue weighted by Gasteiger charge is -2.18. The molecule has 0 saturated heterocycles. The second kappa shape index (κ2) is 7.30. The number of anilines is 1.